The van der Waals surface area contributed by atoms with Crippen LogP contribution < -0.4 is 10.6 Å². The SMILES string of the molecule is OCCNc1nc(Nc2cccc(O)c2)cc(-c2ccncc2)n1. The van der Waals surface area contributed by atoms with Gasteiger partial charge < -0.3 is 20.8 Å². The maximum absolute atomic E-state index is 9.57. The van der Waals surface area contributed by atoms with Crippen LogP contribution in [0.15, 0.2) is 54.9 Å². The molecule has 3 rings (SSSR count). The van der Waals surface area contributed by atoms with Crippen molar-refractivity contribution in [1.82, 2.24) is 15.0 Å². The number of phenols is 1. The van der Waals surface area contributed by atoms with Gasteiger partial charge in [0.2, 0.25) is 5.95 Å². The first-order chi connectivity index (χ1) is 11.7. The van der Waals surface area contributed by atoms with Gasteiger partial charge in [0.1, 0.15) is 11.6 Å². The summed E-state index contributed by atoms with van der Waals surface area (Å²) >= 11 is 0. The minimum absolute atomic E-state index is 0.0157. The molecule has 1 aromatic carbocycles. The Balaban J connectivity index is 1.95. The molecule has 0 spiro atoms. The first-order valence-corrected chi connectivity index (χ1v) is 7.45. The highest BCUT2D eigenvalue weighted by Crippen LogP contribution is 2.24. The fraction of sp³-hybridized carbons (Fsp3) is 0.118. The molecule has 4 N–H and O–H groups in total. The number of nitrogens with zero attached hydrogens (tertiary/aromatic N) is 3. The molecule has 0 aliphatic carbocycles. The Labute approximate surface area is 139 Å². The summed E-state index contributed by atoms with van der Waals surface area (Å²) in [6.45, 7) is 0.337. The predicted octanol–water partition coefficient (Wildman–Crippen LogP) is 2.39. The number of aliphatic hydroxyl groups excluding tert-OH is 1. The largest absolute Gasteiger partial charge is 0.508 e. The third kappa shape index (κ3) is 3.96. The summed E-state index contributed by atoms with van der Waals surface area (Å²) in [6.07, 6.45) is 3.39. The van der Waals surface area contributed by atoms with Gasteiger partial charge >= 0.3 is 0 Å². The van der Waals surface area contributed by atoms with Gasteiger partial charge in [0.15, 0.2) is 0 Å². The minimum Gasteiger partial charge on any atom is -0.508 e. The smallest absolute Gasteiger partial charge is 0.225 e. The fourth-order valence-electron chi connectivity index (χ4n) is 2.16. The van der Waals surface area contributed by atoms with Gasteiger partial charge in [-0.2, -0.15) is 4.98 Å². The Hall–Kier alpha value is -3.19. The molecule has 2 heterocycles. The predicted molar refractivity (Wildman–Crippen MR) is 92.2 cm³/mol. The minimum atomic E-state index is -0.0157. The van der Waals surface area contributed by atoms with E-state index < -0.39 is 0 Å². The summed E-state index contributed by atoms with van der Waals surface area (Å²) in [4.78, 5) is 12.8. The van der Waals surface area contributed by atoms with E-state index in [-0.39, 0.29) is 12.4 Å². The Morgan fingerprint density at radius 3 is 2.58 bits per heavy atom. The summed E-state index contributed by atoms with van der Waals surface area (Å²) in [5.74, 6) is 1.14. The first kappa shape index (κ1) is 15.7. The van der Waals surface area contributed by atoms with Crippen molar-refractivity contribution < 1.29 is 10.2 Å². The molecule has 0 radical (unpaired) electrons. The molecule has 7 heteroatoms. The molecule has 0 atom stereocenters. The zero-order valence-corrected chi connectivity index (χ0v) is 12.8. The Kier molecular flexibility index (Phi) is 4.83. The molecule has 24 heavy (non-hydrogen) atoms. The van der Waals surface area contributed by atoms with E-state index in [0.717, 1.165) is 11.3 Å². The summed E-state index contributed by atoms with van der Waals surface area (Å²) in [6, 6.07) is 12.3. The molecule has 0 amide bonds. The first-order valence-electron chi connectivity index (χ1n) is 7.45. The van der Waals surface area contributed by atoms with Crippen LogP contribution in [0.25, 0.3) is 11.3 Å². The molecule has 7 nitrogen and oxygen atoms in total. The second-order valence-corrected chi connectivity index (χ2v) is 5.02. The molecule has 0 bridgehead atoms. The van der Waals surface area contributed by atoms with Crippen LogP contribution in [0, 0.1) is 0 Å². The van der Waals surface area contributed by atoms with Gasteiger partial charge in [0.25, 0.3) is 0 Å². The highest BCUT2D eigenvalue weighted by atomic mass is 16.3. The quantitative estimate of drug-likeness (QED) is 0.552. The average molecular weight is 323 g/mol. The van der Waals surface area contributed by atoms with Crippen molar-refractivity contribution in [3.8, 4) is 17.0 Å². The third-order valence-corrected chi connectivity index (χ3v) is 3.22. The summed E-state index contributed by atoms with van der Waals surface area (Å²) in [7, 11) is 0. The van der Waals surface area contributed by atoms with Crippen LogP contribution in [-0.2, 0) is 0 Å². The van der Waals surface area contributed by atoms with Gasteiger partial charge in [-0.05, 0) is 24.3 Å². The van der Waals surface area contributed by atoms with E-state index in [2.05, 4.69) is 25.6 Å². The number of hydrogen-bond donors (Lipinski definition) is 4. The van der Waals surface area contributed by atoms with Crippen molar-refractivity contribution >= 4 is 17.5 Å². The zero-order chi connectivity index (χ0) is 16.8. The van der Waals surface area contributed by atoms with Gasteiger partial charge in [0, 0.05) is 42.3 Å². The number of nitrogens with one attached hydrogen (secondary N) is 2. The molecule has 2 aromatic heterocycles. The number of benzene rings is 1. The standard InChI is InChI=1S/C17H17N5O2/c23-9-8-19-17-21-15(12-4-6-18-7-5-12)11-16(22-17)20-13-2-1-3-14(24)10-13/h1-7,10-11,23-24H,8-9H2,(H2,19,20,21,22). The Morgan fingerprint density at radius 1 is 1.00 bits per heavy atom. The van der Waals surface area contributed by atoms with Crippen LogP contribution in [-0.4, -0.2) is 38.3 Å². The van der Waals surface area contributed by atoms with Gasteiger partial charge in [-0.1, -0.05) is 6.07 Å². The molecule has 0 saturated heterocycles. The lowest BCUT2D eigenvalue weighted by atomic mass is 10.2. The summed E-state index contributed by atoms with van der Waals surface area (Å²) in [5, 5.41) is 24.7. The van der Waals surface area contributed by atoms with E-state index in [0.29, 0.717) is 24.0 Å². The lowest BCUT2D eigenvalue weighted by Gasteiger charge is -2.11. The zero-order valence-electron chi connectivity index (χ0n) is 12.8. The molecule has 122 valence electrons. The van der Waals surface area contributed by atoms with Gasteiger partial charge in [0.05, 0.1) is 12.3 Å². The van der Waals surface area contributed by atoms with Crippen LogP contribution in [0.3, 0.4) is 0 Å². The van der Waals surface area contributed by atoms with Crippen molar-refractivity contribution in [2.75, 3.05) is 23.8 Å². The van der Waals surface area contributed by atoms with Crippen molar-refractivity contribution in [2.45, 2.75) is 0 Å². The number of aliphatic hydroxyl groups is 1. The number of aromatic hydroxyl groups is 1. The van der Waals surface area contributed by atoms with E-state index in [1.54, 1.807) is 30.6 Å². The van der Waals surface area contributed by atoms with E-state index in [1.807, 2.05) is 24.3 Å². The molecular formula is C17H17N5O2. The highest BCUT2D eigenvalue weighted by molar-refractivity contribution is 5.67. The second-order valence-electron chi connectivity index (χ2n) is 5.02. The van der Waals surface area contributed by atoms with Crippen LogP contribution in [0.2, 0.25) is 0 Å². The average Bonchev–Trinajstić information content (AvgIpc) is 2.60. The van der Waals surface area contributed by atoms with Gasteiger partial charge in [-0.25, -0.2) is 4.98 Å². The van der Waals surface area contributed by atoms with Crippen molar-refractivity contribution in [2.24, 2.45) is 0 Å². The van der Waals surface area contributed by atoms with Crippen molar-refractivity contribution in [3.63, 3.8) is 0 Å². The Morgan fingerprint density at radius 2 is 1.83 bits per heavy atom. The number of anilines is 3. The van der Waals surface area contributed by atoms with Crippen LogP contribution in [0.4, 0.5) is 17.5 Å². The van der Waals surface area contributed by atoms with E-state index in [1.165, 1.54) is 0 Å². The molecule has 0 saturated carbocycles. The highest BCUT2D eigenvalue weighted by Gasteiger charge is 2.07. The summed E-state index contributed by atoms with van der Waals surface area (Å²) in [5.41, 5.74) is 2.33. The molecule has 0 unspecified atom stereocenters. The van der Waals surface area contributed by atoms with E-state index >= 15 is 0 Å². The molecule has 3 aromatic rings. The number of pyridine rings is 1. The number of phenolic OH excluding ortho intramolecular Hbond substituents is 1. The van der Waals surface area contributed by atoms with Crippen LogP contribution in [0.5, 0.6) is 5.75 Å². The topological polar surface area (TPSA) is 103 Å². The molecule has 0 fully saturated rings. The van der Waals surface area contributed by atoms with Crippen LogP contribution in [0.1, 0.15) is 0 Å². The lowest BCUT2D eigenvalue weighted by molar-refractivity contribution is 0.311. The van der Waals surface area contributed by atoms with Gasteiger partial charge in [-0.3, -0.25) is 4.98 Å². The van der Waals surface area contributed by atoms with E-state index in [4.69, 9.17) is 5.11 Å². The normalized spacial score (nSPS) is 10.4. The second kappa shape index (κ2) is 7.38. The molecular weight excluding hydrogens is 306 g/mol. The maximum Gasteiger partial charge on any atom is 0.225 e. The van der Waals surface area contributed by atoms with Crippen molar-refractivity contribution in [1.29, 1.82) is 0 Å². The van der Waals surface area contributed by atoms with Crippen molar-refractivity contribution in [3.05, 3.63) is 54.9 Å². The molecule has 0 aliphatic rings. The third-order valence-electron chi connectivity index (χ3n) is 3.22. The lowest BCUT2D eigenvalue weighted by Crippen LogP contribution is -2.10. The fourth-order valence-corrected chi connectivity index (χ4v) is 2.16. The Bertz CT molecular complexity index is 811. The van der Waals surface area contributed by atoms with E-state index in [9.17, 15) is 5.11 Å². The number of aromatic nitrogens is 3. The monoisotopic (exact) mass is 323 g/mol. The van der Waals surface area contributed by atoms with Gasteiger partial charge in [-0.15, -0.1) is 0 Å². The number of rotatable bonds is 6. The number of hydrogen-bond acceptors (Lipinski definition) is 7. The maximum atomic E-state index is 9.57. The van der Waals surface area contributed by atoms with Crippen LogP contribution >= 0.6 is 0 Å². The summed E-state index contributed by atoms with van der Waals surface area (Å²) < 4.78 is 0. The molecule has 0 aliphatic heterocycles.